The second-order valence-electron chi connectivity index (χ2n) is 10.4. The van der Waals surface area contributed by atoms with E-state index in [4.69, 9.17) is 71.1 Å². The zero-order chi connectivity index (χ0) is 33.5. The first-order valence-electron chi connectivity index (χ1n) is 14.6. The molecule has 2 saturated heterocycles. The minimum atomic E-state index is -1.10. The molecule has 0 saturated carbocycles. The molecular formula is C29H54O16. The average molecular weight is 659 g/mol. The Kier molecular flexibility index (Phi) is 18.9. The molecule has 16 heteroatoms. The summed E-state index contributed by atoms with van der Waals surface area (Å²) >= 11 is 0. The van der Waals surface area contributed by atoms with E-state index in [1.807, 2.05) is 0 Å². The van der Waals surface area contributed by atoms with Crippen LogP contribution in [0.25, 0.3) is 0 Å². The Labute approximate surface area is 266 Å². The SMILES string of the molecule is COC[C@H]1O[C@@H](OC[C@H]2O[C@@H](O[C@@H]([C@H](OC)[C@@H](COC)OC)[C@H](C=O)OC)[C@H](OC)[C@@H](OC)[C@@H]2OC)[C@H](OC)[C@@H](OC)[C@@H]1OC. The predicted molar refractivity (Wildman–Crippen MR) is 155 cm³/mol. The standard InChI is InChI=1S/C29H54O16/c1-31-13-17(34-4)20(35-5)23(16(12-30)33-3)45-29-27(41-11)25(39-9)22(37-7)19(44-29)15-42-28-26(40-10)24(38-8)21(36-6)18(43-28)14-32-2/h12,16-29H,13-15H2,1-11H3/t16-,17+,18+,19+,20+,21+,22+,23+,24-,25-,26+,27+,28+,29-/m0/s1. The van der Waals surface area contributed by atoms with E-state index in [0.29, 0.717) is 6.29 Å². The number of hydrogen-bond acceptors (Lipinski definition) is 16. The van der Waals surface area contributed by atoms with Crippen molar-refractivity contribution in [3.8, 4) is 0 Å². The summed E-state index contributed by atoms with van der Waals surface area (Å²) in [4.78, 5) is 12.1. The van der Waals surface area contributed by atoms with Crippen LogP contribution in [0.4, 0.5) is 0 Å². The van der Waals surface area contributed by atoms with E-state index in [1.54, 1.807) is 21.3 Å². The molecule has 0 N–H and O–H groups in total. The molecule has 2 aliphatic heterocycles. The Morgan fingerprint density at radius 2 is 1.07 bits per heavy atom. The van der Waals surface area contributed by atoms with Gasteiger partial charge in [0.2, 0.25) is 0 Å². The molecule has 45 heavy (non-hydrogen) atoms. The van der Waals surface area contributed by atoms with Gasteiger partial charge in [-0.25, -0.2) is 0 Å². The predicted octanol–water partition coefficient (Wildman–Crippen LogP) is -0.535. The summed E-state index contributed by atoms with van der Waals surface area (Å²) in [6.45, 7) is 0.347. The lowest BCUT2D eigenvalue weighted by molar-refractivity contribution is -0.351. The first-order valence-corrected chi connectivity index (χ1v) is 14.6. The van der Waals surface area contributed by atoms with Crippen LogP contribution in [0.5, 0.6) is 0 Å². The maximum atomic E-state index is 12.1. The smallest absolute Gasteiger partial charge is 0.187 e. The van der Waals surface area contributed by atoms with Gasteiger partial charge in [0.05, 0.1) is 19.8 Å². The first kappa shape index (κ1) is 40.2. The normalized spacial score (nSPS) is 35.1. The van der Waals surface area contributed by atoms with Crippen LogP contribution in [0, 0.1) is 0 Å². The van der Waals surface area contributed by atoms with Crippen molar-refractivity contribution < 1.29 is 75.8 Å². The monoisotopic (exact) mass is 658 g/mol. The van der Waals surface area contributed by atoms with Crippen LogP contribution in [0.3, 0.4) is 0 Å². The maximum Gasteiger partial charge on any atom is 0.187 e. The van der Waals surface area contributed by atoms with Crippen LogP contribution < -0.4 is 0 Å². The molecule has 0 unspecified atom stereocenters. The average Bonchev–Trinajstić information content (AvgIpc) is 3.06. The molecule has 2 aliphatic rings. The summed E-state index contributed by atoms with van der Waals surface area (Å²) in [6, 6.07) is 0. The molecule has 2 heterocycles. The van der Waals surface area contributed by atoms with Crippen molar-refractivity contribution in [1.29, 1.82) is 0 Å². The van der Waals surface area contributed by atoms with E-state index in [-0.39, 0.29) is 19.8 Å². The Morgan fingerprint density at radius 1 is 0.556 bits per heavy atom. The van der Waals surface area contributed by atoms with Gasteiger partial charge in [-0.3, -0.25) is 0 Å². The quantitative estimate of drug-likeness (QED) is 0.137. The Balaban J connectivity index is 2.40. The van der Waals surface area contributed by atoms with E-state index in [0.717, 1.165) is 0 Å². The fraction of sp³-hybridized carbons (Fsp3) is 0.966. The van der Waals surface area contributed by atoms with Crippen LogP contribution in [-0.2, 0) is 75.8 Å². The van der Waals surface area contributed by atoms with Gasteiger partial charge in [-0.1, -0.05) is 0 Å². The summed E-state index contributed by atoms with van der Waals surface area (Å²) in [6.07, 6.45) is -9.92. The zero-order valence-corrected chi connectivity index (χ0v) is 28.3. The van der Waals surface area contributed by atoms with Crippen molar-refractivity contribution >= 4 is 6.29 Å². The van der Waals surface area contributed by atoms with Crippen molar-refractivity contribution in [2.75, 3.05) is 98.0 Å². The van der Waals surface area contributed by atoms with Gasteiger partial charge in [-0.2, -0.15) is 0 Å². The number of hydrogen-bond donors (Lipinski definition) is 0. The van der Waals surface area contributed by atoms with Gasteiger partial charge in [0.25, 0.3) is 0 Å². The van der Waals surface area contributed by atoms with Crippen LogP contribution in [0.1, 0.15) is 0 Å². The van der Waals surface area contributed by atoms with Gasteiger partial charge in [0, 0.05) is 78.2 Å². The molecule has 14 atom stereocenters. The third-order valence-corrected chi connectivity index (χ3v) is 8.19. The molecule has 0 aromatic carbocycles. The molecule has 0 radical (unpaired) electrons. The largest absolute Gasteiger partial charge is 0.382 e. The third kappa shape index (κ3) is 9.81. The fourth-order valence-electron chi connectivity index (χ4n) is 5.95. The van der Waals surface area contributed by atoms with Gasteiger partial charge >= 0.3 is 0 Å². The zero-order valence-electron chi connectivity index (χ0n) is 28.3. The first-order chi connectivity index (χ1) is 21.8. The topological polar surface area (TPSA) is 156 Å². The minimum Gasteiger partial charge on any atom is -0.382 e. The number of rotatable bonds is 22. The summed E-state index contributed by atoms with van der Waals surface area (Å²) < 4.78 is 87.5. The Bertz CT molecular complexity index is 793. The lowest BCUT2D eigenvalue weighted by atomic mass is 9.97. The molecule has 2 rings (SSSR count). The summed E-state index contributed by atoms with van der Waals surface area (Å²) in [5.74, 6) is 0. The lowest BCUT2D eigenvalue weighted by Crippen LogP contribution is -2.64. The molecule has 0 amide bonds. The van der Waals surface area contributed by atoms with Gasteiger partial charge in [0.15, 0.2) is 18.9 Å². The minimum absolute atomic E-state index is 0.0445. The van der Waals surface area contributed by atoms with Gasteiger partial charge in [0.1, 0.15) is 73.2 Å². The number of carbonyl (C=O) groups is 1. The van der Waals surface area contributed by atoms with E-state index >= 15 is 0 Å². The number of carbonyl (C=O) groups excluding carboxylic acids is 1. The molecule has 2 fully saturated rings. The summed E-state index contributed by atoms with van der Waals surface area (Å²) in [5.41, 5.74) is 0. The second kappa shape index (κ2) is 21.1. The maximum absolute atomic E-state index is 12.1. The van der Waals surface area contributed by atoms with Crippen LogP contribution in [0.15, 0.2) is 0 Å². The van der Waals surface area contributed by atoms with E-state index in [1.165, 1.54) is 56.9 Å². The Hall–Kier alpha value is -0.930. The number of ether oxygens (including phenoxy) is 15. The number of aldehydes is 1. The van der Waals surface area contributed by atoms with Crippen LogP contribution >= 0.6 is 0 Å². The number of methoxy groups -OCH3 is 11. The molecule has 0 bridgehead atoms. The molecule has 0 aromatic heterocycles. The Morgan fingerprint density at radius 3 is 1.49 bits per heavy atom. The summed E-state index contributed by atoms with van der Waals surface area (Å²) in [5, 5.41) is 0. The highest BCUT2D eigenvalue weighted by atomic mass is 16.8. The molecule has 16 nitrogen and oxygen atoms in total. The van der Waals surface area contributed by atoms with Crippen molar-refractivity contribution in [1.82, 2.24) is 0 Å². The highest BCUT2D eigenvalue weighted by Crippen LogP contribution is 2.33. The summed E-state index contributed by atoms with van der Waals surface area (Å²) in [7, 11) is 16.7. The van der Waals surface area contributed by atoms with Gasteiger partial charge in [-0.05, 0) is 0 Å². The van der Waals surface area contributed by atoms with E-state index < -0.39 is 85.8 Å². The molecule has 0 aliphatic carbocycles. The van der Waals surface area contributed by atoms with Crippen LogP contribution in [0.2, 0.25) is 0 Å². The van der Waals surface area contributed by atoms with Gasteiger partial charge in [-0.15, -0.1) is 0 Å². The van der Waals surface area contributed by atoms with Crippen molar-refractivity contribution in [2.24, 2.45) is 0 Å². The van der Waals surface area contributed by atoms with Gasteiger partial charge < -0.3 is 75.8 Å². The van der Waals surface area contributed by atoms with Crippen LogP contribution in [-0.4, -0.2) is 190 Å². The van der Waals surface area contributed by atoms with Crippen molar-refractivity contribution in [2.45, 2.75) is 85.8 Å². The van der Waals surface area contributed by atoms with Crippen molar-refractivity contribution in [3.63, 3.8) is 0 Å². The van der Waals surface area contributed by atoms with E-state index in [9.17, 15) is 4.79 Å². The molecule has 266 valence electrons. The van der Waals surface area contributed by atoms with E-state index in [2.05, 4.69) is 0 Å². The fourth-order valence-corrected chi connectivity index (χ4v) is 5.95. The van der Waals surface area contributed by atoms with Crippen molar-refractivity contribution in [3.05, 3.63) is 0 Å². The molecular weight excluding hydrogens is 604 g/mol. The third-order valence-electron chi connectivity index (χ3n) is 8.19. The highest BCUT2D eigenvalue weighted by Gasteiger charge is 2.52. The molecule has 0 spiro atoms. The molecule has 0 aromatic rings. The lowest BCUT2D eigenvalue weighted by Gasteiger charge is -2.47. The second-order valence-corrected chi connectivity index (χ2v) is 10.4. The highest BCUT2D eigenvalue weighted by molar-refractivity contribution is 5.57.